The monoisotopic (exact) mass is 493 g/mol. The standard InChI is InChI=1S/C28H51N3O4/c1-8-21(6)31-17-13-12-16-23(31)26(32)29-25(22-14-10-11-15-22)27(33)30(7)24(19(3)4)18-20(5)28(34)35-9-2/h18-19,21-26,29,32H,8-17H2,1-7H3/b20-18+. The van der Waals surface area contributed by atoms with Crippen molar-refractivity contribution in [2.75, 3.05) is 20.2 Å². The smallest absolute Gasteiger partial charge is 0.333 e. The van der Waals surface area contributed by atoms with Crippen LogP contribution in [-0.4, -0.2) is 77.4 Å². The Morgan fingerprint density at radius 2 is 1.74 bits per heavy atom. The van der Waals surface area contributed by atoms with Gasteiger partial charge in [0.15, 0.2) is 0 Å². The Labute approximate surface area is 213 Å². The number of ether oxygens (including phenoxy) is 1. The predicted molar refractivity (Wildman–Crippen MR) is 141 cm³/mol. The maximum absolute atomic E-state index is 13.9. The van der Waals surface area contributed by atoms with Crippen LogP contribution in [-0.2, 0) is 14.3 Å². The molecule has 0 radical (unpaired) electrons. The van der Waals surface area contributed by atoms with E-state index in [4.69, 9.17) is 4.74 Å². The van der Waals surface area contributed by atoms with Crippen LogP contribution in [0.25, 0.3) is 0 Å². The Balaban J connectivity index is 2.24. The fourth-order valence-electron chi connectivity index (χ4n) is 5.78. The molecule has 2 aliphatic rings. The van der Waals surface area contributed by atoms with E-state index in [1.165, 1.54) is 0 Å². The van der Waals surface area contributed by atoms with Crippen LogP contribution in [0.4, 0.5) is 0 Å². The molecular weight excluding hydrogens is 442 g/mol. The summed E-state index contributed by atoms with van der Waals surface area (Å²) in [7, 11) is 1.82. The van der Waals surface area contributed by atoms with Crippen LogP contribution >= 0.6 is 0 Å². The van der Waals surface area contributed by atoms with Gasteiger partial charge in [0.1, 0.15) is 6.23 Å². The van der Waals surface area contributed by atoms with E-state index in [9.17, 15) is 14.7 Å². The second-order valence-electron chi connectivity index (χ2n) is 10.9. The van der Waals surface area contributed by atoms with Crippen LogP contribution in [0.1, 0.15) is 92.9 Å². The van der Waals surface area contributed by atoms with Crippen LogP contribution in [0.2, 0.25) is 0 Å². The van der Waals surface area contributed by atoms with Gasteiger partial charge in [-0.25, -0.2) is 4.79 Å². The van der Waals surface area contributed by atoms with Crippen LogP contribution in [0.3, 0.4) is 0 Å². The summed E-state index contributed by atoms with van der Waals surface area (Å²) in [5.74, 6) is -0.0133. The van der Waals surface area contributed by atoms with Crippen molar-refractivity contribution in [3.05, 3.63) is 11.6 Å². The lowest BCUT2D eigenvalue weighted by molar-refractivity contribution is -0.139. The zero-order valence-electron chi connectivity index (χ0n) is 23.3. The van der Waals surface area contributed by atoms with E-state index in [2.05, 4.69) is 37.9 Å². The van der Waals surface area contributed by atoms with E-state index in [0.717, 1.165) is 57.9 Å². The molecule has 1 amide bonds. The van der Waals surface area contributed by atoms with Crippen molar-refractivity contribution in [2.24, 2.45) is 11.8 Å². The second kappa shape index (κ2) is 14.3. The summed E-state index contributed by atoms with van der Waals surface area (Å²) in [5, 5.41) is 14.8. The molecule has 2 rings (SSSR count). The summed E-state index contributed by atoms with van der Waals surface area (Å²) >= 11 is 0. The highest BCUT2D eigenvalue weighted by Crippen LogP contribution is 2.31. The third-order valence-corrected chi connectivity index (χ3v) is 8.10. The number of rotatable bonds is 12. The van der Waals surface area contributed by atoms with Gasteiger partial charge in [-0.1, -0.05) is 46.1 Å². The highest BCUT2D eigenvalue weighted by molar-refractivity contribution is 5.88. The molecule has 202 valence electrons. The Kier molecular flexibility index (Phi) is 12.2. The Morgan fingerprint density at radius 1 is 1.11 bits per heavy atom. The third-order valence-electron chi connectivity index (χ3n) is 8.10. The third kappa shape index (κ3) is 8.02. The number of carbonyl (C=O) groups excluding carboxylic acids is 2. The minimum absolute atomic E-state index is 0.00606. The number of aliphatic hydroxyl groups is 1. The zero-order chi connectivity index (χ0) is 26.1. The molecule has 0 aromatic carbocycles. The van der Waals surface area contributed by atoms with Crippen molar-refractivity contribution in [2.45, 2.75) is 123 Å². The molecule has 0 bridgehead atoms. The fourth-order valence-corrected chi connectivity index (χ4v) is 5.78. The van der Waals surface area contributed by atoms with Gasteiger partial charge in [-0.15, -0.1) is 0 Å². The highest BCUT2D eigenvalue weighted by atomic mass is 16.5. The SMILES string of the molecule is CCOC(=O)/C(C)=C/C(C(C)C)N(C)C(=O)C(NC(O)C1CCCCN1C(C)CC)C1CCCC1. The number of piperidine rings is 1. The van der Waals surface area contributed by atoms with E-state index in [1.54, 1.807) is 18.7 Å². The van der Waals surface area contributed by atoms with Gasteiger partial charge < -0.3 is 14.7 Å². The van der Waals surface area contributed by atoms with Crippen molar-refractivity contribution in [3.63, 3.8) is 0 Å². The van der Waals surface area contributed by atoms with Crippen LogP contribution in [0, 0.1) is 11.8 Å². The molecular formula is C28H51N3O4. The molecule has 0 spiro atoms. The number of esters is 1. The number of hydrogen-bond acceptors (Lipinski definition) is 6. The van der Waals surface area contributed by atoms with E-state index in [0.29, 0.717) is 18.2 Å². The minimum Gasteiger partial charge on any atom is -0.463 e. The van der Waals surface area contributed by atoms with Crippen molar-refractivity contribution in [1.82, 2.24) is 15.1 Å². The molecule has 7 heteroatoms. The molecule has 1 heterocycles. The van der Waals surface area contributed by atoms with Gasteiger partial charge >= 0.3 is 5.97 Å². The first-order valence-electron chi connectivity index (χ1n) is 13.9. The first kappa shape index (κ1) is 29.8. The number of nitrogens with zero attached hydrogens (tertiary/aromatic N) is 2. The number of likely N-dealkylation sites (N-methyl/N-ethyl adjacent to an activating group) is 1. The van der Waals surface area contributed by atoms with Crippen molar-refractivity contribution < 1.29 is 19.4 Å². The summed E-state index contributed by atoms with van der Waals surface area (Å²) in [6.07, 6.45) is 9.57. The molecule has 0 aromatic heterocycles. The average Bonchev–Trinajstić information content (AvgIpc) is 3.38. The molecule has 35 heavy (non-hydrogen) atoms. The molecule has 1 saturated heterocycles. The first-order chi connectivity index (χ1) is 16.6. The lowest BCUT2D eigenvalue weighted by Gasteiger charge is -2.43. The van der Waals surface area contributed by atoms with E-state index >= 15 is 0 Å². The molecule has 1 aliphatic heterocycles. The number of hydrogen-bond donors (Lipinski definition) is 2. The quantitative estimate of drug-likeness (QED) is 0.242. The number of carbonyl (C=O) groups is 2. The van der Waals surface area contributed by atoms with Crippen molar-refractivity contribution in [3.8, 4) is 0 Å². The van der Waals surface area contributed by atoms with E-state index in [-0.39, 0.29) is 35.8 Å². The number of likely N-dealkylation sites (tertiary alicyclic amines) is 1. The van der Waals surface area contributed by atoms with Crippen LogP contribution in [0.15, 0.2) is 11.6 Å². The maximum atomic E-state index is 13.9. The summed E-state index contributed by atoms with van der Waals surface area (Å²) in [6, 6.07) is -0.245. The molecule has 5 unspecified atom stereocenters. The normalized spacial score (nSPS) is 23.7. The van der Waals surface area contributed by atoms with Gasteiger partial charge in [-0.3, -0.25) is 15.0 Å². The Hall–Kier alpha value is -1.44. The van der Waals surface area contributed by atoms with E-state index in [1.807, 2.05) is 13.1 Å². The van der Waals surface area contributed by atoms with Crippen molar-refractivity contribution in [1.29, 1.82) is 0 Å². The molecule has 2 fully saturated rings. The van der Waals surface area contributed by atoms with Gasteiger partial charge in [-0.2, -0.15) is 0 Å². The average molecular weight is 494 g/mol. The topological polar surface area (TPSA) is 82.1 Å². The molecule has 2 N–H and O–H groups in total. The summed E-state index contributed by atoms with van der Waals surface area (Å²) in [6.45, 7) is 13.4. The van der Waals surface area contributed by atoms with Gasteiger partial charge in [0.25, 0.3) is 0 Å². The number of aliphatic hydroxyl groups excluding tert-OH is 1. The van der Waals surface area contributed by atoms with Crippen LogP contribution < -0.4 is 5.32 Å². The summed E-state index contributed by atoms with van der Waals surface area (Å²) in [5.41, 5.74) is 0.516. The van der Waals surface area contributed by atoms with Gasteiger partial charge in [0, 0.05) is 24.7 Å². The summed E-state index contributed by atoms with van der Waals surface area (Å²) < 4.78 is 5.15. The number of nitrogens with one attached hydrogen (secondary N) is 1. The Morgan fingerprint density at radius 3 is 2.31 bits per heavy atom. The largest absolute Gasteiger partial charge is 0.463 e. The minimum atomic E-state index is -0.749. The van der Waals surface area contributed by atoms with Gasteiger partial charge in [0.2, 0.25) is 5.91 Å². The second-order valence-corrected chi connectivity index (χ2v) is 10.9. The molecule has 1 aliphatic carbocycles. The molecule has 0 aromatic rings. The lowest BCUT2D eigenvalue weighted by atomic mass is 9.92. The van der Waals surface area contributed by atoms with Crippen molar-refractivity contribution >= 4 is 11.9 Å². The van der Waals surface area contributed by atoms with Gasteiger partial charge in [0.05, 0.1) is 18.7 Å². The molecule has 5 atom stereocenters. The number of amides is 1. The first-order valence-corrected chi connectivity index (χ1v) is 13.9. The van der Waals surface area contributed by atoms with E-state index < -0.39 is 12.3 Å². The van der Waals surface area contributed by atoms with Crippen LogP contribution in [0.5, 0.6) is 0 Å². The maximum Gasteiger partial charge on any atom is 0.333 e. The molecule has 7 nitrogen and oxygen atoms in total. The summed E-state index contributed by atoms with van der Waals surface area (Å²) in [4.78, 5) is 30.3. The predicted octanol–water partition coefficient (Wildman–Crippen LogP) is 4.10. The zero-order valence-corrected chi connectivity index (χ0v) is 23.3. The highest BCUT2D eigenvalue weighted by Gasteiger charge is 2.39. The molecule has 1 saturated carbocycles. The Bertz CT molecular complexity index is 704. The fraction of sp³-hybridized carbons (Fsp3) is 0.857. The van der Waals surface area contributed by atoms with Gasteiger partial charge in [-0.05, 0) is 71.3 Å². The lowest BCUT2D eigenvalue weighted by Crippen LogP contribution is -2.61.